The van der Waals surface area contributed by atoms with E-state index >= 15 is 0 Å². The number of halogens is 1. The van der Waals surface area contributed by atoms with E-state index in [4.69, 9.17) is 0 Å². The first-order valence-electron chi connectivity index (χ1n) is 4.86. The van der Waals surface area contributed by atoms with Crippen molar-refractivity contribution in [2.45, 2.75) is 0 Å². The number of rotatable bonds is 1. The van der Waals surface area contributed by atoms with Gasteiger partial charge in [-0.15, -0.1) is 0 Å². The molecule has 3 aromatic rings. The predicted octanol–water partition coefficient (Wildman–Crippen LogP) is 1.87. The zero-order valence-electron chi connectivity index (χ0n) is 8.63. The Hall–Kier alpha value is -2.17. The van der Waals surface area contributed by atoms with Gasteiger partial charge in [-0.25, -0.2) is 8.91 Å². The molecule has 0 fully saturated rings. The molecule has 4 nitrogen and oxygen atoms in total. The summed E-state index contributed by atoms with van der Waals surface area (Å²) in [6.07, 6.45) is 6.67. The lowest BCUT2D eigenvalue weighted by molar-refractivity contribution is 0.639. The molecule has 16 heavy (non-hydrogen) atoms. The maximum atomic E-state index is 13.2. The summed E-state index contributed by atoms with van der Waals surface area (Å²) >= 11 is 0. The monoisotopic (exact) mass is 216 g/mol. The van der Waals surface area contributed by atoms with Gasteiger partial charge >= 0.3 is 0 Å². The van der Waals surface area contributed by atoms with Crippen LogP contribution in [0.5, 0.6) is 0 Å². The van der Waals surface area contributed by atoms with Gasteiger partial charge in [-0.1, -0.05) is 6.07 Å². The van der Waals surface area contributed by atoms with Gasteiger partial charge in [0.15, 0.2) is 5.82 Å². The van der Waals surface area contributed by atoms with Gasteiger partial charge in [0.25, 0.3) is 0 Å². The molecular formula is C11H9FN4. The zero-order valence-corrected chi connectivity index (χ0v) is 8.63. The maximum Gasteiger partial charge on any atom is 0.168 e. The van der Waals surface area contributed by atoms with Gasteiger partial charge in [0.1, 0.15) is 5.52 Å². The van der Waals surface area contributed by atoms with Crippen molar-refractivity contribution >= 4 is 5.52 Å². The molecule has 0 spiro atoms. The maximum absolute atomic E-state index is 13.2. The minimum absolute atomic E-state index is 0.308. The lowest BCUT2D eigenvalue weighted by Gasteiger charge is -1.98. The number of aryl methyl sites for hydroxylation is 1. The summed E-state index contributed by atoms with van der Waals surface area (Å²) in [5.41, 5.74) is 2.43. The molecule has 0 aliphatic heterocycles. The molecular weight excluding hydrogens is 207 g/mol. The lowest BCUT2D eigenvalue weighted by atomic mass is 10.1. The molecule has 3 heterocycles. The fraction of sp³-hybridized carbons (Fsp3) is 0.0909. The third-order valence-corrected chi connectivity index (χ3v) is 2.51. The van der Waals surface area contributed by atoms with Crippen molar-refractivity contribution in [2.24, 2.45) is 7.05 Å². The summed E-state index contributed by atoms with van der Waals surface area (Å²) in [6, 6.07) is 3.57. The van der Waals surface area contributed by atoms with Crippen LogP contribution in [0.1, 0.15) is 0 Å². The average Bonchev–Trinajstić information content (AvgIpc) is 2.86. The second kappa shape index (κ2) is 3.16. The van der Waals surface area contributed by atoms with Crippen LogP contribution in [0.2, 0.25) is 0 Å². The molecule has 0 N–H and O–H groups in total. The molecule has 80 valence electrons. The van der Waals surface area contributed by atoms with E-state index in [2.05, 4.69) is 10.2 Å². The molecule has 0 radical (unpaired) electrons. The van der Waals surface area contributed by atoms with E-state index in [1.807, 2.05) is 19.3 Å². The van der Waals surface area contributed by atoms with Crippen molar-refractivity contribution in [1.82, 2.24) is 19.4 Å². The molecule has 0 aromatic carbocycles. The van der Waals surface area contributed by atoms with Crippen LogP contribution in [0.3, 0.4) is 0 Å². The number of aromatic nitrogens is 4. The quantitative estimate of drug-likeness (QED) is 0.622. The Labute approximate surface area is 90.9 Å². The van der Waals surface area contributed by atoms with Crippen LogP contribution in [-0.2, 0) is 7.05 Å². The first-order chi connectivity index (χ1) is 7.74. The molecule has 0 unspecified atom stereocenters. The van der Waals surface area contributed by atoms with E-state index in [0.29, 0.717) is 5.52 Å². The van der Waals surface area contributed by atoms with E-state index in [1.165, 1.54) is 10.7 Å². The largest absolute Gasteiger partial charge is 0.275 e. The van der Waals surface area contributed by atoms with Crippen molar-refractivity contribution < 1.29 is 4.39 Å². The van der Waals surface area contributed by atoms with Crippen LogP contribution in [0.4, 0.5) is 4.39 Å². The Morgan fingerprint density at radius 2 is 1.94 bits per heavy atom. The molecule has 3 rings (SSSR count). The van der Waals surface area contributed by atoms with Crippen LogP contribution < -0.4 is 0 Å². The third-order valence-electron chi connectivity index (χ3n) is 2.51. The van der Waals surface area contributed by atoms with Crippen molar-refractivity contribution in [1.29, 1.82) is 0 Å². The average molecular weight is 216 g/mol. The normalized spacial score (nSPS) is 11.1. The van der Waals surface area contributed by atoms with Crippen molar-refractivity contribution in [3.05, 3.63) is 42.7 Å². The Bertz CT molecular complexity index is 653. The van der Waals surface area contributed by atoms with Gasteiger partial charge in [0.2, 0.25) is 0 Å². The van der Waals surface area contributed by atoms with E-state index in [9.17, 15) is 4.39 Å². The molecule has 5 heteroatoms. The summed E-state index contributed by atoms with van der Waals surface area (Å²) in [5, 5.41) is 8.02. The van der Waals surface area contributed by atoms with Crippen molar-refractivity contribution in [3.63, 3.8) is 0 Å². The molecule has 0 saturated carbocycles. The van der Waals surface area contributed by atoms with Crippen LogP contribution >= 0.6 is 0 Å². The standard InChI is InChI=1S/C11H9FN4/c1-15-6-9(4-13-15)8-2-3-11-10(12)5-14-16(11)7-8/h2-7H,1H3. The summed E-state index contributed by atoms with van der Waals surface area (Å²) in [4.78, 5) is 0. The predicted molar refractivity (Wildman–Crippen MR) is 57.4 cm³/mol. The summed E-state index contributed by atoms with van der Waals surface area (Å²) in [5.74, 6) is -0.308. The molecule has 0 aliphatic carbocycles. The van der Waals surface area contributed by atoms with E-state index in [0.717, 1.165) is 11.1 Å². The smallest absolute Gasteiger partial charge is 0.168 e. The SMILES string of the molecule is Cn1cc(-c2ccc3c(F)cnn3c2)cn1. The molecule has 0 bridgehead atoms. The van der Waals surface area contributed by atoms with Gasteiger partial charge in [0.05, 0.1) is 12.4 Å². The number of hydrogen-bond donors (Lipinski definition) is 0. The minimum atomic E-state index is -0.308. The zero-order chi connectivity index (χ0) is 11.1. The fourth-order valence-electron chi connectivity index (χ4n) is 1.69. The summed E-state index contributed by atoms with van der Waals surface area (Å²) < 4.78 is 16.4. The summed E-state index contributed by atoms with van der Waals surface area (Å²) in [7, 11) is 1.86. The number of nitrogens with zero attached hydrogens (tertiary/aromatic N) is 4. The lowest BCUT2D eigenvalue weighted by Crippen LogP contribution is -1.88. The van der Waals surface area contributed by atoms with E-state index < -0.39 is 0 Å². The highest BCUT2D eigenvalue weighted by molar-refractivity contribution is 5.64. The van der Waals surface area contributed by atoms with Crippen molar-refractivity contribution in [3.8, 4) is 11.1 Å². The van der Waals surface area contributed by atoms with Gasteiger partial charge < -0.3 is 0 Å². The number of hydrogen-bond acceptors (Lipinski definition) is 2. The highest BCUT2D eigenvalue weighted by Crippen LogP contribution is 2.19. The van der Waals surface area contributed by atoms with Crippen LogP contribution in [-0.4, -0.2) is 19.4 Å². The first-order valence-corrected chi connectivity index (χ1v) is 4.86. The van der Waals surface area contributed by atoms with Gasteiger partial charge in [-0.3, -0.25) is 4.68 Å². The molecule has 0 saturated heterocycles. The molecule has 0 atom stereocenters. The highest BCUT2D eigenvalue weighted by atomic mass is 19.1. The summed E-state index contributed by atoms with van der Waals surface area (Å²) in [6.45, 7) is 0. The molecule has 0 aliphatic rings. The van der Waals surface area contributed by atoms with Gasteiger partial charge in [-0.05, 0) is 6.07 Å². The van der Waals surface area contributed by atoms with Gasteiger partial charge in [0, 0.05) is 30.6 Å². The Morgan fingerprint density at radius 3 is 2.69 bits per heavy atom. The first kappa shape index (κ1) is 9.08. The highest BCUT2D eigenvalue weighted by Gasteiger charge is 2.05. The fourth-order valence-corrected chi connectivity index (χ4v) is 1.69. The number of pyridine rings is 1. The minimum Gasteiger partial charge on any atom is -0.275 e. The van der Waals surface area contributed by atoms with Crippen molar-refractivity contribution in [2.75, 3.05) is 0 Å². The van der Waals surface area contributed by atoms with Gasteiger partial charge in [-0.2, -0.15) is 10.2 Å². The van der Waals surface area contributed by atoms with Crippen LogP contribution in [0.25, 0.3) is 16.6 Å². The Balaban J connectivity index is 2.18. The van der Waals surface area contributed by atoms with Crippen LogP contribution in [0, 0.1) is 5.82 Å². The number of fused-ring (bicyclic) bond motifs is 1. The molecule has 0 amide bonds. The second-order valence-corrected chi connectivity index (χ2v) is 3.64. The van der Waals surface area contributed by atoms with Crippen LogP contribution in [0.15, 0.2) is 36.9 Å². The topological polar surface area (TPSA) is 35.1 Å². The third kappa shape index (κ3) is 1.29. The molecule has 3 aromatic heterocycles. The van der Waals surface area contributed by atoms with E-state index in [-0.39, 0.29) is 5.82 Å². The Kier molecular flexibility index (Phi) is 1.80. The van der Waals surface area contributed by atoms with E-state index in [1.54, 1.807) is 23.1 Å². The second-order valence-electron chi connectivity index (χ2n) is 3.64. The Morgan fingerprint density at radius 1 is 1.06 bits per heavy atom.